The van der Waals surface area contributed by atoms with Crippen molar-refractivity contribution in [3.8, 4) is 11.8 Å². The van der Waals surface area contributed by atoms with Gasteiger partial charge >= 0.3 is 0 Å². The molecule has 0 bridgehead atoms. The molecule has 2 aromatic heterocycles. The van der Waals surface area contributed by atoms with Crippen LogP contribution >= 0.6 is 23.7 Å². The molecule has 0 saturated carbocycles. The number of nitriles is 1. The molecule has 5 nitrogen and oxygen atoms in total. The van der Waals surface area contributed by atoms with Crippen molar-refractivity contribution in [2.24, 2.45) is 4.99 Å². The molecule has 2 heterocycles. The summed E-state index contributed by atoms with van der Waals surface area (Å²) in [4.78, 5) is 18.1. The van der Waals surface area contributed by atoms with Crippen LogP contribution in [0.1, 0.15) is 27.3 Å². The van der Waals surface area contributed by atoms with Crippen molar-refractivity contribution in [2.75, 3.05) is 0 Å². The Kier molecular flexibility index (Phi) is 5.62. The molecule has 0 spiro atoms. The van der Waals surface area contributed by atoms with E-state index in [1.165, 1.54) is 16.0 Å². The topological polar surface area (TPSA) is 73.9 Å². The second-order valence-electron chi connectivity index (χ2n) is 5.46. The highest BCUT2D eigenvalue weighted by Gasteiger charge is 2.13. The summed E-state index contributed by atoms with van der Waals surface area (Å²) < 4.78 is 1.49. The SMILES string of the molecule is Cc1[nH]n(-c2ccccc2)c(=O)c1C=Nc1sc(C)c(C)c1C#N.Cl. The van der Waals surface area contributed by atoms with Gasteiger partial charge in [0.2, 0.25) is 0 Å². The molecule has 0 saturated heterocycles. The van der Waals surface area contributed by atoms with E-state index in [0.29, 0.717) is 16.1 Å². The zero-order valence-corrected chi connectivity index (χ0v) is 15.7. The summed E-state index contributed by atoms with van der Waals surface area (Å²) >= 11 is 1.46. The number of nitrogens with one attached hydrogen (secondary N) is 1. The van der Waals surface area contributed by atoms with E-state index in [-0.39, 0.29) is 18.0 Å². The Hall–Kier alpha value is -2.62. The number of hydrogen-bond acceptors (Lipinski definition) is 4. The van der Waals surface area contributed by atoms with Gasteiger partial charge in [-0.2, -0.15) is 5.26 Å². The third kappa shape index (κ3) is 3.43. The highest BCUT2D eigenvalue weighted by molar-refractivity contribution is 7.16. The molecule has 0 atom stereocenters. The third-order valence-corrected chi connectivity index (χ3v) is 5.04. The Morgan fingerprint density at radius 2 is 1.92 bits per heavy atom. The van der Waals surface area contributed by atoms with Gasteiger partial charge in [-0.25, -0.2) is 9.67 Å². The molecule has 0 fully saturated rings. The molecule has 7 heteroatoms. The molecule has 128 valence electrons. The lowest BCUT2D eigenvalue weighted by atomic mass is 10.2. The predicted octanol–water partition coefficient (Wildman–Crippen LogP) is 4.20. The van der Waals surface area contributed by atoms with Crippen molar-refractivity contribution in [3.05, 3.63) is 67.9 Å². The van der Waals surface area contributed by atoms with E-state index in [9.17, 15) is 10.1 Å². The maximum Gasteiger partial charge on any atom is 0.280 e. The molecule has 0 aliphatic heterocycles. The molecule has 1 aromatic carbocycles. The van der Waals surface area contributed by atoms with Crippen molar-refractivity contribution in [1.29, 1.82) is 5.26 Å². The van der Waals surface area contributed by atoms with Gasteiger partial charge in [-0.1, -0.05) is 18.2 Å². The first kappa shape index (κ1) is 18.7. The Balaban J connectivity index is 0.00000225. The Morgan fingerprint density at radius 3 is 2.56 bits per heavy atom. The summed E-state index contributed by atoms with van der Waals surface area (Å²) in [6.07, 6.45) is 1.54. The van der Waals surface area contributed by atoms with Crippen LogP contribution in [0.25, 0.3) is 5.69 Å². The number of aromatic nitrogens is 2. The molecule has 25 heavy (non-hydrogen) atoms. The lowest BCUT2D eigenvalue weighted by molar-refractivity contribution is 0.835. The minimum atomic E-state index is -0.161. The fraction of sp³-hybridized carbons (Fsp3) is 0.167. The van der Waals surface area contributed by atoms with E-state index in [1.54, 1.807) is 6.21 Å². The zero-order chi connectivity index (χ0) is 17.3. The first-order chi connectivity index (χ1) is 11.5. The van der Waals surface area contributed by atoms with Crippen LogP contribution in [0.3, 0.4) is 0 Å². The number of nitrogens with zero attached hydrogens (tertiary/aromatic N) is 3. The van der Waals surface area contributed by atoms with Gasteiger partial charge in [0.1, 0.15) is 11.1 Å². The van der Waals surface area contributed by atoms with Crippen molar-refractivity contribution >= 4 is 35.0 Å². The van der Waals surface area contributed by atoms with Crippen LogP contribution in [0.15, 0.2) is 40.1 Å². The number of aromatic amines is 1. The fourth-order valence-corrected chi connectivity index (χ4v) is 3.38. The van der Waals surface area contributed by atoms with Crippen molar-refractivity contribution in [1.82, 2.24) is 9.78 Å². The van der Waals surface area contributed by atoms with Crippen molar-refractivity contribution < 1.29 is 0 Å². The van der Waals surface area contributed by atoms with Crippen LogP contribution in [-0.2, 0) is 0 Å². The quantitative estimate of drug-likeness (QED) is 0.700. The van der Waals surface area contributed by atoms with Crippen LogP contribution in [-0.4, -0.2) is 16.0 Å². The van der Waals surface area contributed by atoms with Gasteiger partial charge in [-0.3, -0.25) is 9.89 Å². The fourth-order valence-electron chi connectivity index (χ4n) is 2.43. The molecular weight excluding hydrogens is 356 g/mol. The molecule has 0 radical (unpaired) electrons. The molecule has 0 unspecified atom stereocenters. The van der Waals surface area contributed by atoms with Gasteiger partial charge in [0, 0.05) is 16.8 Å². The van der Waals surface area contributed by atoms with E-state index in [0.717, 1.165) is 21.8 Å². The van der Waals surface area contributed by atoms with E-state index < -0.39 is 0 Å². The number of rotatable bonds is 3. The van der Waals surface area contributed by atoms with Gasteiger partial charge in [0.15, 0.2) is 0 Å². The Morgan fingerprint density at radius 1 is 1.24 bits per heavy atom. The first-order valence-electron chi connectivity index (χ1n) is 7.44. The molecule has 1 N–H and O–H groups in total. The molecule has 3 aromatic rings. The number of para-hydroxylation sites is 1. The molecule has 0 aliphatic rings. The standard InChI is InChI=1S/C18H16N4OS.ClH/c1-11-13(3)24-17(15(11)9-19)20-10-16-12(2)21-22(18(16)23)14-7-5-4-6-8-14;/h4-8,10,21H,1-3H3;1H. The van der Waals surface area contributed by atoms with E-state index in [4.69, 9.17) is 0 Å². The number of H-pyrrole nitrogens is 1. The maximum absolute atomic E-state index is 12.6. The third-order valence-electron chi connectivity index (χ3n) is 3.92. The Bertz CT molecular complexity index is 1020. The second kappa shape index (κ2) is 7.51. The second-order valence-corrected chi connectivity index (χ2v) is 6.66. The first-order valence-corrected chi connectivity index (χ1v) is 8.25. The largest absolute Gasteiger partial charge is 0.295 e. The summed E-state index contributed by atoms with van der Waals surface area (Å²) in [5.41, 5.74) is 3.35. The molecule has 0 aliphatic carbocycles. The summed E-state index contributed by atoms with van der Waals surface area (Å²) in [5, 5.41) is 13.0. The smallest absolute Gasteiger partial charge is 0.280 e. The number of thiophene rings is 1. The normalized spacial score (nSPS) is 10.6. The monoisotopic (exact) mass is 372 g/mol. The lowest BCUT2D eigenvalue weighted by Crippen LogP contribution is -2.17. The van der Waals surface area contributed by atoms with Gasteiger partial charge in [0.25, 0.3) is 5.56 Å². The number of aryl methyl sites for hydroxylation is 2. The minimum absolute atomic E-state index is 0. The van der Waals surface area contributed by atoms with Crippen molar-refractivity contribution in [2.45, 2.75) is 20.8 Å². The summed E-state index contributed by atoms with van der Waals surface area (Å²) in [5.74, 6) is 0. The van der Waals surface area contributed by atoms with Crippen LogP contribution in [0.4, 0.5) is 5.00 Å². The van der Waals surface area contributed by atoms with Crippen LogP contribution in [0.2, 0.25) is 0 Å². The Labute approximate surface area is 155 Å². The average Bonchev–Trinajstić information content (AvgIpc) is 3.02. The highest BCUT2D eigenvalue weighted by Crippen LogP contribution is 2.33. The van der Waals surface area contributed by atoms with Gasteiger partial charge < -0.3 is 0 Å². The maximum atomic E-state index is 12.6. The highest BCUT2D eigenvalue weighted by atomic mass is 35.5. The predicted molar refractivity (Wildman–Crippen MR) is 104 cm³/mol. The van der Waals surface area contributed by atoms with E-state index in [2.05, 4.69) is 16.2 Å². The number of aliphatic imine (C=N–C) groups is 1. The number of benzene rings is 1. The number of hydrogen-bond donors (Lipinski definition) is 1. The van der Waals surface area contributed by atoms with Crippen LogP contribution in [0.5, 0.6) is 0 Å². The van der Waals surface area contributed by atoms with E-state index >= 15 is 0 Å². The molecule has 0 amide bonds. The lowest BCUT2D eigenvalue weighted by Gasteiger charge is -1.99. The number of halogens is 1. The van der Waals surface area contributed by atoms with Crippen LogP contribution < -0.4 is 5.56 Å². The molecule has 3 rings (SSSR count). The van der Waals surface area contributed by atoms with Crippen LogP contribution in [0, 0.1) is 32.1 Å². The zero-order valence-electron chi connectivity index (χ0n) is 14.0. The van der Waals surface area contributed by atoms with Gasteiger partial charge in [-0.15, -0.1) is 23.7 Å². The average molecular weight is 373 g/mol. The minimum Gasteiger partial charge on any atom is -0.295 e. The summed E-state index contributed by atoms with van der Waals surface area (Å²) in [6, 6.07) is 11.6. The summed E-state index contributed by atoms with van der Waals surface area (Å²) in [6.45, 7) is 5.70. The van der Waals surface area contributed by atoms with Crippen molar-refractivity contribution in [3.63, 3.8) is 0 Å². The van der Waals surface area contributed by atoms with Gasteiger partial charge in [0.05, 0.1) is 16.8 Å². The molecular formula is C18H17ClN4OS. The summed E-state index contributed by atoms with van der Waals surface area (Å²) in [7, 11) is 0. The van der Waals surface area contributed by atoms with Gasteiger partial charge in [-0.05, 0) is 38.5 Å². The van der Waals surface area contributed by atoms with E-state index in [1.807, 2.05) is 51.1 Å².